The van der Waals surface area contributed by atoms with Crippen molar-refractivity contribution in [2.75, 3.05) is 13.1 Å². The van der Waals surface area contributed by atoms with E-state index in [1.54, 1.807) is 12.4 Å². The van der Waals surface area contributed by atoms with Crippen molar-refractivity contribution >= 4 is 10.0 Å². The highest BCUT2D eigenvalue weighted by Crippen LogP contribution is 2.32. The molecule has 0 bridgehead atoms. The van der Waals surface area contributed by atoms with Crippen LogP contribution in [0.4, 0.5) is 0 Å². The van der Waals surface area contributed by atoms with Gasteiger partial charge in [-0.1, -0.05) is 0 Å². The van der Waals surface area contributed by atoms with Gasteiger partial charge in [-0.05, 0) is 49.7 Å². The molecular formula is C20H19N5O2S. The fourth-order valence-electron chi connectivity index (χ4n) is 3.61. The van der Waals surface area contributed by atoms with E-state index in [2.05, 4.69) is 14.5 Å². The van der Waals surface area contributed by atoms with Gasteiger partial charge in [0.2, 0.25) is 10.0 Å². The number of rotatable bonds is 4. The molecule has 0 aliphatic carbocycles. The minimum absolute atomic E-state index is 0.0128. The third-order valence-electron chi connectivity index (χ3n) is 5.03. The minimum Gasteiger partial charge on any atom is -0.324 e. The topological polar surface area (TPSA) is 91.9 Å². The largest absolute Gasteiger partial charge is 0.324 e. The van der Waals surface area contributed by atoms with Gasteiger partial charge in [0.1, 0.15) is 5.82 Å². The number of sulfonamides is 1. The Hall–Kier alpha value is -3.02. The predicted molar refractivity (Wildman–Crippen MR) is 104 cm³/mol. The summed E-state index contributed by atoms with van der Waals surface area (Å²) in [4.78, 5) is 8.79. The second-order valence-electron chi connectivity index (χ2n) is 6.77. The van der Waals surface area contributed by atoms with Crippen LogP contribution in [0.5, 0.6) is 0 Å². The Kier molecular flexibility index (Phi) is 4.71. The molecule has 1 unspecified atom stereocenters. The third kappa shape index (κ3) is 3.19. The Morgan fingerprint density at radius 3 is 2.54 bits per heavy atom. The van der Waals surface area contributed by atoms with Gasteiger partial charge in [-0.15, -0.1) is 0 Å². The molecule has 142 valence electrons. The van der Waals surface area contributed by atoms with Crippen LogP contribution in [0.25, 0.3) is 11.4 Å². The molecule has 0 N–H and O–H groups in total. The fraction of sp³-hybridized carbons (Fsp3) is 0.250. The van der Waals surface area contributed by atoms with Gasteiger partial charge in [0.15, 0.2) is 0 Å². The van der Waals surface area contributed by atoms with Crippen molar-refractivity contribution in [3.05, 3.63) is 66.2 Å². The van der Waals surface area contributed by atoms with Gasteiger partial charge in [0.05, 0.1) is 22.6 Å². The van der Waals surface area contributed by atoms with Crippen LogP contribution in [0.15, 0.2) is 59.9 Å². The van der Waals surface area contributed by atoms with E-state index < -0.39 is 10.0 Å². The molecule has 0 radical (unpaired) electrons. The van der Waals surface area contributed by atoms with Crippen LogP contribution >= 0.6 is 0 Å². The Labute approximate surface area is 164 Å². The predicted octanol–water partition coefficient (Wildman–Crippen LogP) is 2.76. The molecule has 1 aliphatic rings. The molecular weight excluding hydrogens is 374 g/mol. The molecule has 1 saturated heterocycles. The van der Waals surface area contributed by atoms with Crippen molar-refractivity contribution < 1.29 is 8.42 Å². The second kappa shape index (κ2) is 7.19. The highest BCUT2D eigenvalue weighted by Gasteiger charge is 2.34. The summed E-state index contributed by atoms with van der Waals surface area (Å²) in [5.74, 6) is 0.822. The summed E-state index contributed by atoms with van der Waals surface area (Å²) in [5, 5.41) is 8.91. The molecule has 0 amide bonds. The molecule has 0 spiro atoms. The first-order chi connectivity index (χ1) is 13.5. The van der Waals surface area contributed by atoms with Crippen molar-refractivity contribution in [1.82, 2.24) is 18.8 Å². The van der Waals surface area contributed by atoms with E-state index in [-0.39, 0.29) is 10.9 Å². The third-order valence-corrected chi connectivity index (χ3v) is 6.91. The first kappa shape index (κ1) is 18.3. The quantitative estimate of drug-likeness (QED) is 0.680. The Balaban J connectivity index is 1.61. The maximum atomic E-state index is 13.0. The lowest BCUT2D eigenvalue weighted by Gasteiger charge is -2.19. The summed E-state index contributed by atoms with van der Waals surface area (Å²) in [6.45, 7) is 2.81. The molecule has 3 aromatic rings. The van der Waals surface area contributed by atoms with Crippen LogP contribution in [-0.2, 0) is 10.0 Å². The lowest BCUT2D eigenvalue weighted by Crippen LogP contribution is -2.29. The van der Waals surface area contributed by atoms with Crippen LogP contribution in [0, 0.1) is 18.3 Å². The highest BCUT2D eigenvalue weighted by molar-refractivity contribution is 7.89. The van der Waals surface area contributed by atoms with Gasteiger partial charge >= 0.3 is 0 Å². The number of nitriles is 1. The van der Waals surface area contributed by atoms with E-state index in [1.165, 1.54) is 28.6 Å². The van der Waals surface area contributed by atoms with Gasteiger partial charge in [-0.3, -0.25) is 4.98 Å². The second-order valence-corrected chi connectivity index (χ2v) is 8.71. The van der Waals surface area contributed by atoms with E-state index in [0.717, 1.165) is 17.1 Å². The number of imidazole rings is 1. The molecule has 3 heterocycles. The maximum Gasteiger partial charge on any atom is 0.243 e. The summed E-state index contributed by atoms with van der Waals surface area (Å²) in [5.41, 5.74) is 2.39. The summed E-state index contributed by atoms with van der Waals surface area (Å²) >= 11 is 0. The van der Waals surface area contributed by atoms with E-state index in [0.29, 0.717) is 25.1 Å². The number of pyridine rings is 1. The number of hydrogen-bond acceptors (Lipinski definition) is 5. The van der Waals surface area contributed by atoms with Crippen molar-refractivity contribution in [3.63, 3.8) is 0 Å². The number of hydrogen-bond donors (Lipinski definition) is 0. The lowest BCUT2D eigenvalue weighted by molar-refractivity contribution is 0.450. The van der Waals surface area contributed by atoms with Crippen molar-refractivity contribution in [2.24, 2.45) is 0 Å². The van der Waals surface area contributed by atoms with Gasteiger partial charge < -0.3 is 4.57 Å². The average Bonchev–Trinajstić information content (AvgIpc) is 3.35. The normalized spacial score (nSPS) is 17.5. The van der Waals surface area contributed by atoms with Crippen LogP contribution in [0.3, 0.4) is 0 Å². The first-order valence-corrected chi connectivity index (χ1v) is 10.4. The van der Waals surface area contributed by atoms with Crippen LogP contribution in [0.1, 0.15) is 23.7 Å². The molecule has 1 aromatic carbocycles. The summed E-state index contributed by atoms with van der Waals surface area (Å²) in [6, 6.07) is 11.9. The van der Waals surface area contributed by atoms with E-state index >= 15 is 0 Å². The standard InChI is InChI=1S/C20H19N5O2S/c1-15-13-23-20(17-6-9-22-10-7-17)25(15)18-8-11-24(14-18)28(26,27)19-4-2-16(12-21)3-5-19/h2-7,9-10,13,18H,8,11,14H2,1H3. The van der Waals surface area contributed by atoms with Crippen LogP contribution < -0.4 is 0 Å². The van der Waals surface area contributed by atoms with Gasteiger partial charge in [-0.2, -0.15) is 9.57 Å². The highest BCUT2D eigenvalue weighted by atomic mass is 32.2. The molecule has 8 heteroatoms. The Morgan fingerprint density at radius 1 is 1.14 bits per heavy atom. The molecule has 7 nitrogen and oxygen atoms in total. The van der Waals surface area contributed by atoms with Gasteiger partial charge in [0, 0.05) is 42.9 Å². The molecule has 28 heavy (non-hydrogen) atoms. The van der Waals surface area contributed by atoms with Crippen molar-refractivity contribution in [2.45, 2.75) is 24.3 Å². The molecule has 0 saturated carbocycles. The summed E-state index contributed by atoms with van der Waals surface area (Å²) < 4.78 is 29.6. The number of benzene rings is 1. The van der Waals surface area contributed by atoms with Gasteiger partial charge in [0.25, 0.3) is 0 Å². The van der Waals surface area contributed by atoms with Crippen molar-refractivity contribution in [3.8, 4) is 17.5 Å². The average molecular weight is 393 g/mol. The van der Waals surface area contributed by atoms with E-state index in [1.807, 2.05) is 31.3 Å². The molecule has 4 rings (SSSR count). The number of aryl methyl sites for hydroxylation is 1. The van der Waals surface area contributed by atoms with E-state index in [4.69, 9.17) is 5.26 Å². The zero-order chi connectivity index (χ0) is 19.7. The summed E-state index contributed by atoms with van der Waals surface area (Å²) in [7, 11) is -3.60. The Bertz CT molecular complexity index is 1130. The number of nitrogens with zero attached hydrogens (tertiary/aromatic N) is 5. The fourth-order valence-corrected chi connectivity index (χ4v) is 5.10. The molecule has 1 aliphatic heterocycles. The smallest absolute Gasteiger partial charge is 0.243 e. The maximum absolute atomic E-state index is 13.0. The molecule has 2 aromatic heterocycles. The van der Waals surface area contributed by atoms with Crippen molar-refractivity contribution in [1.29, 1.82) is 5.26 Å². The first-order valence-electron chi connectivity index (χ1n) is 8.95. The molecule has 1 atom stereocenters. The van der Waals surface area contributed by atoms with Gasteiger partial charge in [-0.25, -0.2) is 13.4 Å². The molecule has 1 fully saturated rings. The summed E-state index contributed by atoms with van der Waals surface area (Å²) in [6.07, 6.45) is 5.97. The van der Waals surface area contributed by atoms with Crippen LogP contribution in [0.2, 0.25) is 0 Å². The lowest BCUT2D eigenvalue weighted by atomic mass is 10.2. The van der Waals surface area contributed by atoms with Crippen LogP contribution in [-0.4, -0.2) is 40.3 Å². The Morgan fingerprint density at radius 2 is 1.86 bits per heavy atom. The monoisotopic (exact) mass is 393 g/mol. The number of aromatic nitrogens is 3. The zero-order valence-electron chi connectivity index (χ0n) is 15.4. The SMILES string of the molecule is Cc1cnc(-c2ccncc2)n1C1CCN(S(=O)(=O)c2ccc(C#N)cc2)C1. The zero-order valence-corrected chi connectivity index (χ0v) is 16.2. The minimum atomic E-state index is -3.60. The van der Waals surface area contributed by atoms with E-state index in [9.17, 15) is 8.42 Å².